The second kappa shape index (κ2) is 14.2. The van der Waals surface area contributed by atoms with Gasteiger partial charge in [0.15, 0.2) is 0 Å². The number of pyridine rings is 1. The Hall–Kier alpha value is -4.94. The van der Waals surface area contributed by atoms with Crippen LogP contribution in [0.3, 0.4) is 0 Å². The summed E-state index contributed by atoms with van der Waals surface area (Å²) in [6, 6.07) is 21.2. The first kappa shape index (κ1) is 33.4. The van der Waals surface area contributed by atoms with E-state index < -0.39 is 41.5 Å². The lowest BCUT2D eigenvalue weighted by molar-refractivity contribution is -0.138. The Morgan fingerprint density at radius 2 is 1.53 bits per heavy atom. The maximum atomic E-state index is 13.7. The highest BCUT2D eigenvalue weighted by Crippen LogP contribution is 2.34. The molecule has 0 spiro atoms. The fraction of sp³-hybridized carbons (Fsp3) is 0.200. The molecular formula is C35H31F6N5O. The van der Waals surface area contributed by atoms with Gasteiger partial charge in [0, 0.05) is 42.3 Å². The second-order valence-corrected chi connectivity index (χ2v) is 10.9. The molecule has 244 valence electrons. The standard InChI is InChI=1S/C35H31F6N5O/c36-34(37,38)27-8-4-10-29(22-27)45-20-16-25(17-21-45)31(13-12-24-14-18-43-19-15-24)32(42)44-46(33(47)26-6-2-1-3-7-26)30-11-5-9-28(23-30)35(39,40)41/h1-11,14-20,22-23,31-32,44H,12-13,21,42H2. The summed E-state index contributed by atoms with van der Waals surface area (Å²) in [4.78, 5) is 19.4. The van der Waals surface area contributed by atoms with Crippen molar-refractivity contribution in [3.05, 3.63) is 150 Å². The van der Waals surface area contributed by atoms with Gasteiger partial charge in [-0.2, -0.15) is 26.3 Å². The first-order valence-electron chi connectivity index (χ1n) is 14.7. The van der Waals surface area contributed by atoms with Gasteiger partial charge in [-0.25, -0.2) is 10.4 Å². The number of halogens is 6. The van der Waals surface area contributed by atoms with Crippen LogP contribution in [-0.4, -0.2) is 23.6 Å². The van der Waals surface area contributed by atoms with E-state index in [0.717, 1.165) is 40.4 Å². The number of alkyl halides is 6. The molecule has 0 saturated heterocycles. The second-order valence-electron chi connectivity index (χ2n) is 10.9. The average molecular weight is 652 g/mol. The van der Waals surface area contributed by atoms with E-state index in [2.05, 4.69) is 10.4 Å². The lowest BCUT2D eigenvalue weighted by Crippen LogP contribution is -2.56. The van der Waals surface area contributed by atoms with Crippen LogP contribution < -0.4 is 21.1 Å². The molecule has 2 unspecified atom stereocenters. The smallest absolute Gasteiger partial charge is 0.344 e. The van der Waals surface area contributed by atoms with Gasteiger partial charge in [0.1, 0.15) is 0 Å². The molecule has 3 N–H and O–H groups in total. The van der Waals surface area contributed by atoms with E-state index in [-0.39, 0.29) is 17.8 Å². The quantitative estimate of drug-likeness (QED) is 0.104. The van der Waals surface area contributed by atoms with Crippen LogP contribution in [0, 0.1) is 5.92 Å². The SMILES string of the molecule is NC(NN(C(=O)c1ccccc1)c1cccc(C(F)(F)F)c1)C(CCc1ccncc1)C1=CCN(c2cccc(C(F)(F)F)c2)C=C1. The number of anilines is 2. The third kappa shape index (κ3) is 8.46. The van der Waals surface area contributed by atoms with Crippen molar-refractivity contribution in [3.63, 3.8) is 0 Å². The Kier molecular flexibility index (Phi) is 10.1. The molecule has 47 heavy (non-hydrogen) atoms. The van der Waals surface area contributed by atoms with Crippen molar-refractivity contribution in [2.24, 2.45) is 11.7 Å². The predicted molar refractivity (Wildman–Crippen MR) is 168 cm³/mol. The summed E-state index contributed by atoms with van der Waals surface area (Å²) in [5.74, 6) is -1.09. The van der Waals surface area contributed by atoms with Crippen molar-refractivity contribution < 1.29 is 31.1 Å². The van der Waals surface area contributed by atoms with Gasteiger partial charge in [-0.05, 0) is 90.7 Å². The van der Waals surface area contributed by atoms with E-state index in [1.54, 1.807) is 66.0 Å². The fourth-order valence-corrected chi connectivity index (χ4v) is 5.28. The third-order valence-corrected chi connectivity index (χ3v) is 7.76. The molecule has 0 aliphatic carbocycles. The van der Waals surface area contributed by atoms with Crippen LogP contribution in [-0.2, 0) is 18.8 Å². The normalized spacial score (nSPS) is 14.8. The maximum Gasteiger partial charge on any atom is 0.416 e. The molecule has 1 aromatic heterocycles. The monoisotopic (exact) mass is 651 g/mol. The van der Waals surface area contributed by atoms with Crippen LogP contribution in [0.1, 0.15) is 33.5 Å². The Morgan fingerprint density at radius 1 is 0.872 bits per heavy atom. The van der Waals surface area contributed by atoms with E-state index in [9.17, 15) is 31.1 Å². The number of nitrogens with two attached hydrogens (primary N) is 1. The first-order chi connectivity index (χ1) is 22.4. The lowest BCUT2D eigenvalue weighted by atomic mass is 9.88. The summed E-state index contributed by atoms with van der Waals surface area (Å²) in [6.45, 7) is 0.242. The first-order valence-corrected chi connectivity index (χ1v) is 14.7. The number of aryl methyl sites for hydroxylation is 1. The molecule has 1 amide bonds. The Labute approximate surface area is 267 Å². The highest BCUT2D eigenvalue weighted by Gasteiger charge is 2.33. The van der Waals surface area contributed by atoms with Crippen molar-refractivity contribution in [1.82, 2.24) is 10.4 Å². The minimum atomic E-state index is -4.64. The summed E-state index contributed by atoms with van der Waals surface area (Å²) >= 11 is 0. The van der Waals surface area contributed by atoms with Gasteiger partial charge in [0.25, 0.3) is 5.91 Å². The molecule has 0 saturated carbocycles. The zero-order valence-electron chi connectivity index (χ0n) is 24.9. The Balaban J connectivity index is 1.45. The number of benzene rings is 3. The Bertz CT molecular complexity index is 1720. The van der Waals surface area contributed by atoms with Gasteiger partial charge >= 0.3 is 12.4 Å². The number of carbonyl (C=O) groups excluding carboxylic acids is 1. The van der Waals surface area contributed by atoms with Crippen molar-refractivity contribution in [1.29, 1.82) is 0 Å². The molecule has 5 rings (SSSR count). The molecule has 12 heteroatoms. The van der Waals surface area contributed by atoms with E-state index in [1.165, 1.54) is 18.2 Å². The highest BCUT2D eigenvalue weighted by atomic mass is 19.4. The van der Waals surface area contributed by atoms with Gasteiger partial charge in [-0.15, -0.1) is 0 Å². The summed E-state index contributed by atoms with van der Waals surface area (Å²) in [7, 11) is 0. The summed E-state index contributed by atoms with van der Waals surface area (Å²) in [6.07, 6.45) is -0.526. The fourth-order valence-electron chi connectivity index (χ4n) is 5.28. The van der Waals surface area contributed by atoms with Gasteiger partial charge in [-0.3, -0.25) is 9.78 Å². The van der Waals surface area contributed by atoms with E-state index in [0.29, 0.717) is 18.5 Å². The largest absolute Gasteiger partial charge is 0.416 e. The molecule has 6 nitrogen and oxygen atoms in total. The van der Waals surface area contributed by atoms with Gasteiger partial charge < -0.3 is 10.6 Å². The third-order valence-electron chi connectivity index (χ3n) is 7.76. The summed E-state index contributed by atoms with van der Waals surface area (Å²) < 4.78 is 81.0. The van der Waals surface area contributed by atoms with Crippen LogP contribution >= 0.6 is 0 Å². The van der Waals surface area contributed by atoms with Crippen molar-refractivity contribution in [3.8, 4) is 0 Å². The number of allylic oxidation sites excluding steroid dienone is 1. The van der Waals surface area contributed by atoms with Crippen LogP contribution in [0.4, 0.5) is 37.7 Å². The molecule has 2 atom stereocenters. The molecule has 0 radical (unpaired) electrons. The number of hydrogen-bond acceptors (Lipinski definition) is 5. The zero-order valence-corrected chi connectivity index (χ0v) is 24.9. The topological polar surface area (TPSA) is 74.5 Å². The number of rotatable bonds is 10. The minimum Gasteiger partial charge on any atom is -0.344 e. The molecule has 0 bridgehead atoms. The van der Waals surface area contributed by atoms with Crippen molar-refractivity contribution >= 4 is 17.3 Å². The number of hydrazine groups is 1. The molecule has 0 fully saturated rings. The summed E-state index contributed by atoms with van der Waals surface area (Å²) in [5.41, 5.74) is 10.3. The number of nitrogens with one attached hydrogen (secondary N) is 1. The number of amides is 1. The molecule has 1 aliphatic heterocycles. The molecule has 1 aliphatic rings. The molecular weight excluding hydrogens is 620 g/mol. The number of hydrogen-bond donors (Lipinski definition) is 2. The van der Waals surface area contributed by atoms with E-state index in [4.69, 9.17) is 5.73 Å². The van der Waals surface area contributed by atoms with Gasteiger partial charge in [-0.1, -0.05) is 36.4 Å². The zero-order chi connectivity index (χ0) is 33.6. The molecule has 3 aromatic carbocycles. The van der Waals surface area contributed by atoms with Crippen LogP contribution in [0.2, 0.25) is 0 Å². The maximum absolute atomic E-state index is 13.7. The van der Waals surface area contributed by atoms with E-state index >= 15 is 0 Å². The Morgan fingerprint density at radius 3 is 2.17 bits per heavy atom. The van der Waals surface area contributed by atoms with Gasteiger partial charge in [0.2, 0.25) is 0 Å². The van der Waals surface area contributed by atoms with Gasteiger partial charge in [0.05, 0.1) is 23.0 Å². The van der Waals surface area contributed by atoms with Crippen molar-refractivity contribution in [2.75, 3.05) is 16.5 Å². The summed E-state index contributed by atoms with van der Waals surface area (Å²) in [5, 5.41) is 1.02. The highest BCUT2D eigenvalue weighted by molar-refractivity contribution is 6.05. The van der Waals surface area contributed by atoms with E-state index in [1.807, 2.05) is 18.2 Å². The average Bonchev–Trinajstić information content (AvgIpc) is 3.07. The molecule has 2 heterocycles. The van der Waals surface area contributed by atoms with Crippen LogP contribution in [0.25, 0.3) is 0 Å². The number of nitrogens with zero attached hydrogens (tertiary/aromatic N) is 3. The van der Waals surface area contributed by atoms with Crippen LogP contribution in [0.5, 0.6) is 0 Å². The number of carbonyl (C=O) groups is 1. The molecule has 4 aromatic rings. The predicted octanol–water partition coefficient (Wildman–Crippen LogP) is 7.76. The lowest BCUT2D eigenvalue weighted by Gasteiger charge is -2.34. The van der Waals surface area contributed by atoms with Crippen molar-refractivity contribution in [2.45, 2.75) is 31.4 Å². The van der Waals surface area contributed by atoms with Crippen LogP contribution in [0.15, 0.2) is 127 Å². The number of aromatic nitrogens is 1. The minimum absolute atomic E-state index is 0.0547.